The highest BCUT2D eigenvalue weighted by Gasteiger charge is 2.41. The monoisotopic (exact) mass is 580 g/mol. The number of hydrogen-bond donors (Lipinski definition) is 1. The summed E-state index contributed by atoms with van der Waals surface area (Å²) >= 11 is 4.11. The normalized spacial score (nSPS) is 15.1. The van der Waals surface area contributed by atoms with Gasteiger partial charge in [0.05, 0.1) is 18.6 Å². The molecule has 190 valence electrons. The Morgan fingerprint density at radius 2 is 1.83 bits per heavy atom. The number of ether oxygens (including phenoxy) is 3. The average Bonchev–Trinajstić information content (AvgIpc) is 3.13. The number of carbonyl (C=O) groups is 4. The van der Waals surface area contributed by atoms with E-state index >= 15 is 0 Å². The number of amides is 3. The molecule has 0 unspecified atom stereocenters. The number of thioether (sulfide) groups is 1. The maximum atomic E-state index is 13.0. The number of nitrogens with one attached hydrogen (secondary N) is 1. The quantitative estimate of drug-likeness (QED) is 0.338. The lowest BCUT2D eigenvalue weighted by molar-refractivity contribution is -0.148. The van der Waals surface area contributed by atoms with Crippen molar-refractivity contribution >= 4 is 62.5 Å². The fraction of sp³-hybridized carbons (Fsp3) is 0.250. The Balaban J connectivity index is 1.78. The minimum atomic E-state index is -1.06. The van der Waals surface area contributed by atoms with Crippen LogP contribution in [0.1, 0.15) is 19.4 Å². The van der Waals surface area contributed by atoms with Crippen molar-refractivity contribution in [2.45, 2.75) is 19.9 Å². The standard InChI is InChI=1S/C24H22BrFN2O7S/c1-4-34-18-9-14(10-20-22(30)28(24(32)36-20)13(2)23(31)33-3)17(25)11-19(18)35-12-21(29)27-16-7-5-15(26)6-8-16/h5-11,13H,4,12H2,1-3H3,(H,27,29)/b20-10+/t13-/m0/s1. The number of carbonyl (C=O) groups excluding carboxylic acids is 4. The van der Waals surface area contributed by atoms with E-state index in [1.54, 1.807) is 19.1 Å². The van der Waals surface area contributed by atoms with Crippen LogP contribution in [-0.2, 0) is 19.1 Å². The number of imide groups is 1. The van der Waals surface area contributed by atoms with Crippen molar-refractivity contribution < 1.29 is 37.8 Å². The average molecular weight is 581 g/mol. The minimum absolute atomic E-state index is 0.117. The molecule has 1 aliphatic heterocycles. The maximum Gasteiger partial charge on any atom is 0.328 e. The van der Waals surface area contributed by atoms with Crippen molar-refractivity contribution in [1.29, 1.82) is 0 Å². The van der Waals surface area contributed by atoms with Crippen molar-refractivity contribution in [3.8, 4) is 11.5 Å². The first kappa shape index (κ1) is 27.2. The molecule has 1 N–H and O–H groups in total. The second kappa shape index (κ2) is 12.0. The zero-order valence-corrected chi connectivity index (χ0v) is 21.9. The molecule has 1 saturated heterocycles. The van der Waals surface area contributed by atoms with E-state index in [1.807, 2.05) is 0 Å². The largest absolute Gasteiger partial charge is 0.490 e. The molecule has 1 aliphatic rings. The lowest BCUT2D eigenvalue weighted by Crippen LogP contribution is -2.42. The fourth-order valence-electron chi connectivity index (χ4n) is 3.15. The van der Waals surface area contributed by atoms with Crippen molar-refractivity contribution in [1.82, 2.24) is 4.90 Å². The van der Waals surface area contributed by atoms with E-state index in [1.165, 1.54) is 44.4 Å². The van der Waals surface area contributed by atoms with Crippen LogP contribution in [0.15, 0.2) is 45.8 Å². The third kappa shape index (κ3) is 6.43. The zero-order valence-electron chi connectivity index (χ0n) is 19.5. The van der Waals surface area contributed by atoms with E-state index in [0.29, 0.717) is 39.8 Å². The van der Waals surface area contributed by atoms with Gasteiger partial charge in [-0.05, 0) is 73.6 Å². The molecule has 0 saturated carbocycles. The van der Waals surface area contributed by atoms with Crippen LogP contribution in [-0.4, -0.2) is 54.3 Å². The van der Waals surface area contributed by atoms with Gasteiger partial charge in [-0.1, -0.05) is 15.9 Å². The second-order valence-electron chi connectivity index (χ2n) is 7.35. The van der Waals surface area contributed by atoms with Crippen LogP contribution in [0.2, 0.25) is 0 Å². The summed E-state index contributed by atoms with van der Waals surface area (Å²) < 4.78 is 29.4. The highest BCUT2D eigenvalue weighted by Crippen LogP contribution is 2.38. The van der Waals surface area contributed by atoms with Crippen LogP contribution in [0.5, 0.6) is 11.5 Å². The molecular formula is C24H22BrFN2O7S. The number of hydrogen-bond acceptors (Lipinski definition) is 8. The van der Waals surface area contributed by atoms with E-state index in [4.69, 9.17) is 9.47 Å². The summed E-state index contributed by atoms with van der Waals surface area (Å²) in [6.07, 6.45) is 1.49. The van der Waals surface area contributed by atoms with Gasteiger partial charge in [-0.3, -0.25) is 19.3 Å². The Morgan fingerprint density at radius 1 is 1.17 bits per heavy atom. The zero-order chi connectivity index (χ0) is 26.4. The Labute approximate surface area is 219 Å². The summed E-state index contributed by atoms with van der Waals surface area (Å²) in [4.78, 5) is 50.2. The molecule has 0 aliphatic carbocycles. The Kier molecular flexibility index (Phi) is 9.10. The molecule has 0 radical (unpaired) electrons. The number of anilines is 1. The molecule has 36 heavy (non-hydrogen) atoms. The lowest BCUT2D eigenvalue weighted by atomic mass is 10.1. The Morgan fingerprint density at radius 3 is 2.47 bits per heavy atom. The van der Waals surface area contributed by atoms with E-state index in [0.717, 1.165) is 4.90 Å². The molecule has 1 fully saturated rings. The molecule has 2 aromatic rings. The Hall–Kier alpha value is -3.38. The van der Waals surface area contributed by atoms with Crippen molar-refractivity contribution in [3.05, 3.63) is 57.2 Å². The first-order chi connectivity index (χ1) is 17.1. The smallest absolute Gasteiger partial charge is 0.328 e. The molecule has 2 aromatic carbocycles. The van der Waals surface area contributed by atoms with E-state index < -0.39 is 34.9 Å². The highest BCUT2D eigenvalue weighted by molar-refractivity contribution is 9.10. The molecule has 0 aromatic heterocycles. The van der Waals surface area contributed by atoms with Crippen LogP contribution >= 0.6 is 27.7 Å². The van der Waals surface area contributed by atoms with Gasteiger partial charge in [-0.2, -0.15) is 0 Å². The number of rotatable bonds is 9. The third-order valence-electron chi connectivity index (χ3n) is 4.89. The number of esters is 1. The highest BCUT2D eigenvalue weighted by atomic mass is 79.9. The maximum absolute atomic E-state index is 13.0. The summed E-state index contributed by atoms with van der Waals surface area (Å²) in [5.74, 6) is -1.63. The van der Waals surface area contributed by atoms with E-state index in [2.05, 4.69) is 26.0 Å². The molecule has 9 nitrogen and oxygen atoms in total. The summed E-state index contributed by atoms with van der Waals surface area (Å²) in [6.45, 7) is 3.14. The molecule has 3 amide bonds. The molecular weight excluding hydrogens is 559 g/mol. The van der Waals surface area contributed by atoms with Crippen molar-refractivity contribution in [2.75, 3.05) is 25.6 Å². The first-order valence-electron chi connectivity index (χ1n) is 10.6. The van der Waals surface area contributed by atoms with Crippen LogP contribution < -0.4 is 14.8 Å². The van der Waals surface area contributed by atoms with Crippen molar-refractivity contribution in [3.63, 3.8) is 0 Å². The molecule has 0 spiro atoms. The SMILES string of the molecule is CCOc1cc(/C=C2/SC(=O)N([C@@H](C)C(=O)OC)C2=O)c(Br)cc1OCC(=O)Nc1ccc(F)cc1. The van der Waals surface area contributed by atoms with Crippen LogP contribution in [0.3, 0.4) is 0 Å². The van der Waals surface area contributed by atoms with Crippen LogP contribution in [0, 0.1) is 5.82 Å². The van der Waals surface area contributed by atoms with Crippen LogP contribution in [0.25, 0.3) is 6.08 Å². The lowest BCUT2D eigenvalue weighted by Gasteiger charge is -2.18. The molecule has 0 bridgehead atoms. The summed E-state index contributed by atoms with van der Waals surface area (Å²) in [7, 11) is 1.18. The number of benzene rings is 2. The predicted octanol–water partition coefficient (Wildman–Crippen LogP) is 4.60. The van der Waals surface area contributed by atoms with Gasteiger partial charge in [0.1, 0.15) is 11.9 Å². The number of nitrogens with zero attached hydrogens (tertiary/aromatic N) is 1. The fourth-order valence-corrected chi connectivity index (χ4v) is 4.48. The minimum Gasteiger partial charge on any atom is -0.490 e. The van der Waals surface area contributed by atoms with Gasteiger partial charge in [0.25, 0.3) is 17.1 Å². The topological polar surface area (TPSA) is 111 Å². The van der Waals surface area contributed by atoms with Gasteiger partial charge in [0, 0.05) is 10.2 Å². The van der Waals surface area contributed by atoms with E-state index in [-0.39, 0.29) is 17.3 Å². The van der Waals surface area contributed by atoms with Gasteiger partial charge in [0.15, 0.2) is 18.1 Å². The molecule has 3 rings (SSSR count). The summed E-state index contributed by atoms with van der Waals surface area (Å²) in [5.41, 5.74) is 0.930. The number of methoxy groups -OCH3 is 1. The number of halogens is 2. The van der Waals surface area contributed by atoms with Gasteiger partial charge < -0.3 is 19.5 Å². The predicted molar refractivity (Wildman–Crippen MR) is 135 cm³/mol. The molecule has 1 heterocycles. The van der Waals surface area contributed by atoms with Gasteiger partial charge in [0.2, 0.25) is 0 Å². The molecule has 1 atom stereocenters. The van der Waals surface area contributed by atoms with Gasteiger partial charge in [-0.25, -0.2) is 9.18 Å². The van der Waals surface area contributed by atoms with Crippen LogP contribution in [0.4, 0.5) is 14.9 Å². The second-order valence-corrected chi connectivity index (χ2v) is 9.20. The first-order valence-corrected chi connectivity index (χ1v) is 12.2. The van der Waals surface area contributed by atoms with E-state index in [9.17, 15) is 23.6 Å². The summed E-state index contributed by atoms with van der Waals surface area (Å²) in [6, 6.07) is 7.42. The summed E-state index contributed by atoms with van der Waals surface area (Å²) in [5, 5.41) is 2.01. The van der Waals surface area contributed by atoms with Gasteiger partial charge in [-0.15, -0.1) is 0 Å². The van der Waals surface area contributed by atoms with Crippen molar-refractivity contribution in [2.24, 2.45) is 0 Å². The third-order valence-corrected chi connectivity index (χ3v) is 6.46. The Bertz CT molecular complexity index is 1220. The molecule has 12 heteroatoms. The van der Waals surface area contributed by atoms with Gasteiger partial charge >= 0.3 is 5.97 Å².